The number of likely N-dealkylation sites (N-methyl/N-ethyl adjacent to an activating group) is 1. The first kappa shape index (κ1) is 11.6. The summed E-state index contributed by atoms with van der Waals surface area (Å²) in [5, 5.41) is 4.32. The maximum absolute atomic E-state index is 11.9. The number of sulfonamides is 1. The highest BCUT2D eigenvalue weighted by Gasteiger charge is 2.28. The van der Waals surface area contributed by atoms with Crippen LogP contribution in [-0.2, 0) is 22.3 Å². The minimum absolute atomic E-state index is 0.0385. The lowest BCUT2D eigenvalue weighted by atomic mass is 10.1. The summed E-state index contributed by atoms with van der Waals surface area (Å²) in [6, 6.07) is 2.01. The molecule has 1 atom stereocenters. The Morgan fingerprint density at radius 1 is 1.56 bits per heavy atom. The van der Waals surface area contributed by atoms with E-state index in [1.807, 2.05) is 19.9 Å². The number of nitrogens with zero attached hydrogens (tertiary/aromatic N) is 3. The quantitative estimate of drug-likeness (QED) is 0.732. The second-order valence-electron chi connectivity index (χ2n) is 4.34. The molecule has 16 heavy (non-hydrogen) atoms. The molecule has 0 bridgehead atoms. The monoisotopic (exact) mass is 243 g/mol. The second kappa shape index (κ2) is 3.85. The topological polar surface area (TPSA) is 55.2 Å². The molecule has 1 unspecified atom stereocenters. The fourth-order valence-corrected chi connectivity index (χ4v) is 3.17. The van der Waals surface area contributed by atoms with Crippen LogP contribution in [0.2, 0.25) is 0 Å². The van der Waals surface area contributed by atoms with E-state index in [9.17, 15) is 8.42 Å². The Balaban J connectivity index is 2.48. The van der Waals surface area contributed by atoms with Crippen molar-refractivity contribution in [2.24, 2.45) is 0 Å². The Labute approximate surface area is 96.1 Å². The zero-order valence-corrected chi connectivity index (χ0v) is 10.7. The van der Waals surface area contributed by atoms with Crippen LogP contribution in [0.3, 0.4) is 0 Å². The van der Waals surface area contributed by atoms with Crippen LogP contribution in [0.25, 0.3) is 0 Å². The summed E-state index contributed by atoms with van der Waals surface area (Å²) in [7, 11) is -1.58. The Morgan fingerprint density at radius 3 is 2.88 bits per heavy atom. The SMILES string of the molecule is CCc1cc2n(n1)CS(=O)(=O)N(C)CC2C. The van der Waals surface area contributed by atoms with E-state index in [4.69, 9.17) is 0 Å². The van der Waals surface area contributed by atoms with Crippen molar-refractivity contribution in [3.63, 3.8) is 0 Å². The Morgan fingerprint density at radius 2 is 2.25 bits per heavy atom. The number of hydrogen-bond acceptors (Lipinski definition) is 3. The average molecular weight is 243 g/mol. The van der Waals surface area contributed by atoms with Gasteiger partial charge in [0.1, 0.15) is 0 Å². The van der Waals surface area contributed by atoms with Crippen molar-refractivity contribution in [3.05, 3.63) is 17.5 Å². The molecule has 90 valence electrons. The molecule has 0 aliphatic carbocycles. The number of rotatable bonds is 1. The lowest BCUT2D eigenvalue weighted by Gasteiger charge is -2.15. The van der Waals surface area contributed by atoms with Crippen LogP contribution >= 0.6 is 0 Å². The fourth-order valence-electron chi connectivity index (χ4n) is 2.01. The molecule has 0 spiro atoms. The fraction of sp³-hybridized carbons (Fsp3) is 0.700. The molecule has 2 rings (SSSR count). The van der Waals surface area contributed by atoms with E-state index < -0.39 is 10.0 Å². The summed E-state index contributed by atoms with van der Waals surface area (Å²) < 4.78 is 26.8. The van der Waals surface area contributed by atoms with Crippen molar-refractivity contribution in [3.8, 4) is 0 Å². The molecule has 0 saturated heterocycles. The summed E-state index contributed by atoms with van der Waals surface area (Å²) in [5.74, 6) is 0.151. The molecule has 0 fully saturated rings. The zero-order valence-electron chi connectivity index (χ0n) is 9.84. The highest BCUT2D eigenvalue weighted by molar-refractivity contribution is 7.88. The van der Waals surface area contributed by atoms with Gasteiger partial charge in [0, 0.05) is 25.2 Å². The molecule has 0 N–H and O–H groups in total. The number of aryl methyl sites for hydroxylation is 1. The summed E-state index contributed by atoms with van der Waals surface area (Å²) >= 11 is 0. The normalized spacial score (nSPS) is 25.1. The molecule has 1 aliphatic heterocycles. The molecule has 1 aromatic heterocycles. The Bertz CT molecular complexity index is 492. The molecule has 5 nitrogen and oxygen atoms in total. The average Bonchev–Trinajstić information content (AvgIpc) is 2.56. The molecular weight excluding hydrogens is 226 g/mol. The lowest BCUT2D eigenvalue weighted by Crippen LogP contribution is -2.29. The van der Waals surface area contributed by atoms with Gasteiger partial charge in [-0.1, -0.05) is 13.8 Å². The van der Waals surface area contributed by atoms with Crippen LogP contribution in [0.15, 0.2) is 6.07 Å². The third kappa shape index (κ3) is 1.87. The van der Waals surface area contributed by atoms with Crippen molar-refractivity contribution < 1.29 is 8.42 Å². The maximum atomic E-state index is 11.9. The first-order valence-electron chi connectivity index (χ1n) is 5.44. The molecular formula is C10H17N3O2S. The summed E-state index contributed by atoms with van der Waals surface area (Å²) in [6.07, 6.45) is 0.836. The molecule has 0 amide bonds. The van der Waals surface area contributed by atoms with E-state index in [0.717, 1.165) is 17.8 Å². The standard InChI is InChI=1S/C10H17N3O2S/c1-4-9-5-10-8(2)6-12(3)16(14,15)7-13(10)11-9/h5,8H,4,6-7H2,1-3H3. The van der Waals surface area contributed by atoms with Crippen LogP contribution in [-0.4, -0.2) is 36.1 Å². The van der Waals surface area contributed by atoms with E-state index in [-0.39, 0.29) is 11.8 Å². The minimum Gasteiger partial charge on any atom is -0.252 e. The Kier molecular flexibility index (Phi) is 2.79. The molecule has 2 heterocycles. The molecule has 0 aromatic carbocycles. The van der Waals surface area contributed by atoms with Gasteiger partial charge >= 0.3 is 0 Å². The molecule has 6 heteroatoms. The van der Waals surface area contributed by atoms with Crippen molar-refractivity contribution in [1.29, 1.82) is 0 Å². The first-order chi connectivity index (χ1) is 7.44. The van der Waals surface area contributed by atoms with Gasteiger partial charge in [-0.2, -0.15) is 5.10 Å². The molecule has 1 aliphatic rings. The highest BCUT2D eigenvalue weighted by Crippen LogP contribution is 2.23. The maximum Gasteiger partial charge on any atom is 0.234 e. The highest BCUT2D eigenvalue weighted by atomic mass is 32.2. The van der Waals surface area contributed by atoms with E-state index in [0.29, 0.717) is 6.54 Å². The van der Waals surface area contributed by atoms with Crippen molar-refractivity contribution in [2.75, 3.05) is 13.6 Å². The largest absolute Gasteiger partial charge is 0.252 e. The van der Waals surface area contributed by atoms with Crippen LogP contribution in [0.1, 0.15) is 31.2 Å². The number of aromatic nitrogens is 2. The van der Waals surface area contributed by atoms with Crippen LogP contribution < -0.4 is 0 Å². The minimum atomic E-state index is -3.21. The van der Waals surface area contributed by atoms with E-state index in [1.54, 1.807) is 11.7 Å². The van der Waals surface area contributed by atoms with Crippen LogP contribution in [0.4, 0.5) is 0 Å². The zero-order chi connectivity index (χ0) is 11.9. The van der Waals surface area contributed by atoms with Crippen molar-refractivity contribution in [1.82, 2.24) is 14.1 Å². The Hall–Kier alpha value is -0.880. The number of hydrogen-bond donors (Lipinski definition) is 0. The van der Waals surface area contributed by atoms with Crippen LogP contribution in [0.5, 0.6) is 0 Å². The van der Waals surface area contributed by atoms with E-state index in [2.05, 4.69) is 5.10 Å². The predicted molar refractivity (Wildman–Crippen MR) is 61.6 cm³/mol. The van der Waals surface area contributed by atoms with Gasteiger partial charge in [0.2, 0.25) is 10.0 Å². The smallest absolute Gasteiger partial charge is 0.234 e. The van der Waals surface area contributed by atoms with Gasteiger partial charge in [-0.05, 0) is 12.5 Å². The summed E-state index contributed by atoms with van der Waals surface area (Å²) in [4.78, 5) is 0. The van der Waals surface area contributed by atoms with Gasteiger partial charge in [0.25, 0.3) is 0 Å². The molecule has 0 saturated carbocycles. The summed E-state index contributed by atoms with van der Waals surface area (Å²) in [6.45, 7) is 4.58. The molecule has 0 radical (unpaired) electrons. The summed E-state index contributed by atoms with van der Waals surface area (Å²) in [5.41, 5.74) is 1.98. The van der Waals surface area contributed by atoms with Gasteiger partial charge in [-0.25, -0.2) is 12.7 Å². The third-order valence-corrected chi connectivity index (χ3v) is 4.69. The van der Waals surface area contributed by atoms with Gasteiger partial charge in [-0.15, -0.1) is 0 Å². The van der Waals surface area contributed by atoms with E-state index >= 15 is 0 Å². The van der Waals surface area contributed by atoms with Crippen molar-refractivity contribution >= 4 is 10.0 Å². The predicted octanol–water partition coefficient (Wildman–Crippen LogP) is 0.782. The third-order valence-electron chi connectivity index (χ3n) is 3.02. The van der Waals surface area contributed by atoms with Gasteiger partial charge in [0.15, 0.2) is 5.88 Å². The van der Waals surface area contributed by atoms with Gasteiger partial charge < -0.3 is 0 Å². The van der Waals surface area contributed by atoms with E-state index in [1.165, 1.54) is 4.31 Å². The molecule has 1 aromatic rings. The van der Waals surface area contributed by atoms with Gasteiger partial charge in [0.05, 0.1) is 5.69 Å². The van der Waals surface area contributed by atoms with Crippen molar-refractivity contribution in [2.45, 2.75) is 32.1 Å². The lowest BCUT2D eigenvalue weighted by molar-refractivity contribution is 0.452. The van der Waals surface area contributed by atoms with Gasteiger partial charge in [-0.3, -0.25) is 4.68 Å². The number of fused-ring (bicyclic) bond motifs is 1. The second-order valence-corrected chi connectivity index (χ2v) is 6.38. The first-order valence-corrected chi connectivity index (χ1v) is 7.05. The van der Waals surface area contributed by atoms with Crippen LogP contribution in [0, 0.1) is 0 Å².